The highest BCUT2D eigenvalue weighted by Crippen LogP contribution is 2.28. The van der Waals surface area contributed by atoms with Crippen molar-refractivity contribution in [3.63, 3.8) is 0 Å². The highest BCUT2D eigenvalue weighted by Gasteiger charge is 2.27. The Morgan fingerprint density at radius 1 is 1.03 bits per heavy atom. The van der Waals surface area contributed by atoms with Gasteiger partial charge in [-0.05, 0) is 29.8 Å². The summed E-state index contributed by atoms with van der Waals surface area (Å²) in [5.41, 5.74) is 3.61. The first kappa shape index (κ1) is 19.7. The molecule has 2 saturated heterocycles. The van der Waals surface area contributed by atoms with Crippen LogP contribution in [0.5, 0.6) is 0 Å². The Hall–Kier alpha value is -3.23. The molecule has 1 N–H and O–H groups in total. The third kappa shape index (κ3) is 3.92. The Morgan fingerprint density at radius 2 is 1.77 bits per heavy atom. The normalized spacial score (nSPS) is 19.4. The number of aliphatic hydroxyl groups is 1. The molecular formula is C23H25N5O3. The van der Waals surface area contributed by atoms with Gasteiger partial charge in [-0.1, -0.05) is 12.1 Å². The summed E-state index contributed by atoms with van der Waals surface area (Å²) in [5.74, 6) is 0.638. The van der Waals surface area contributed by atoms with Gasteiger partial charge in [0.15, 0.2) is 0 Å². The Bertz CT molecular complexity index is 1110. The molecule has 0 spiro atoms. The van der Waals surface area contributed by atoms with E-state index in [4.69, 9.17) is 9.72 Å². The molecule has 31 heavy (non-hydrogen) atoms. The lowest BCUT2D eigenvalue weighted by molar-refractivity contribution is 0.0390. The summed E-state index contributed by atoms with van der Waals surface area (Å²) >= 11 is 0. The number of ether oxygens (including phenoxy) is 1. The van der Waals surface area contributed by atoms with Gasteiger partial charge in [-0.15, -0.1) is 0 Å². The fourth-order valence-corrected chi connectivity index (χ4v) is 4.08. The minimum absolute atomic E-state index is 0.0963. The summed E-state index contributed by atoms with van der Waals surface area (Å²) in [4.78, 5) is 25.7. The van der Waals surface area contributed by atoms with Crippen molar-refractivity contribution in [1.82, 2.24) is 14.5 Å². The molecule has 0 saturated carbocycles. The van der Waals surface area contributed by atoms with Crippen LogP contribution in [0.4, 0.5) is 11.6 Å². The Morgan fingerprint density at radius 3 is 2.48 bits per heavy atom. The molecule has 4 heterocycles. The SMILES string of the molecule is Cn1c(N2CCOC(c3ccc(N4CC(O)C4)cc3)C2)nc(-c2ccncc2)cc1=O. The molecule has 160 valence electrons. The van der Waals surface area contributed by atoms with E-state index in [1.54, 1.807) is 30.1 Å². The molecule has 1 aromatic carbocycles. The van der Waals surface area contributed by atoms with Crippen molar-refractivity contribution in [3.8, 4) is 11.3 Å². The zero-order valence-electron chi connectivity index (χ0n) is 17.4. The van der Waals surface area contributed by atoms with Crippen LogP contribution in [-0.2, 0) is 11.8 Å². The summed E-state index contributed by atoms with van der Waals surface area (Å²) in [6.07, 6.45) is 3.07. The Labute approximate surface area is 180 Å². The number of hydrogen-bond acceptors (Lipinski definition) is 7. The van der Waals surface area contributed by atoms with Crippen molar-refractivity contribution in [2.75, 3.05) is 42.6 Å². The van der Waals surface area contributed by atoms with E-state index >= 15 is 0 Å². The summed E-state index contributed by atoms with van der Waals surface area (Å²) in [5, 5.41) is 9.51. The molecule has 0 bridgehead atoms. The monoisotopic (exact) mass is 419 g/mol. The molecule has 0 radical (unpaired) electrons. The summed E-state index contributed by atoms with van der Waals surface area (Å²) < 4.78 is 7.63. The molecule has 2 aliphatic heterocycles. The van der Waals surface area contributed by atoms with Crippen LogP contribution in [0.3, 0.4) is 0 Å². The van der Waals surface area contributed by atoms with Crippen LogP contribution in [0.2, 0.25) is 0 Å². The van der Waals surface area contributed by atoms with Crippen molar-refractivity contribution < 1.29 is 9.84 Å². The molecule has 0 aliphatic carbocycles. The molecule has 3 aromatic rings. The first-order chi connectivity index (χ1) is 15.1. The van der Waals surface area contributed by atoms with Crippen molar-refractivity contribution in [1.29, 1.82) is 0 Å². The highest BCUT2D eigenvalue weighted by molar-refractivity contribution is 5.59. The maximum absolute atomic E-state index is 12.6. The fraction of sp³-hybridized carbons (Fsp3) is 0.348. The topological polar surface area (TPSA) is 83.7 Å². The summed E-state index contributed by atoms with van der Waals surface area (Å²) in [7, 11) is 1.75. The third-order valence-corrected chi connectivity index (χ3v) is 5.93. The molecule has 2 aromatic heterocycles. The van der Waals surface area contributed by atoms with E-state index in [1.165, 1.54) is 0 Å². The van der Waals surface area contributed by atoms with E-state index in [9.17, 15) is 9.90 Å². The van der Waals surface area contributed by atoms with Gasteiger partial charge in [0, 0.05) is 56.4 Å². The van der Waals surface area contributed by atoms with Crippen LogP contribution in [-0.4, -0.2) is 58.5 Å². The van der Waals surface area contributed by atoms with E-state index in [0.717, 1.165) is 16.8 Å². The van der Waals surface area contributed by atoms with Gasteiger partial charge in [0.25, 0.3) is 5.56 Å². The molecule has 2 aliphatic rings. The van der Waals surface area contributed by atoms with Crippen molar-refractivity contribution in [2.45, 2.75) is 12.2 Å². The average Bonchev–Trinajstić information content (AvgIpc) is 2.79. The van der Waals surface area contributed by atoms with Crippen LogP contribution in [0.15, 0.2) is 59.7 Å². The molecule has 1 unspecified atom stereocenters. The van der Waals surface area contributed by atoms with Gasteiger partial charge >= 0.3 is 0 Å². The number of β-amino-alcohol motifs (C(OH)–C–C–N with tert-alkyl or cyclic N) is 1. The number of aromatic nitrogens is 3. The zero-order chi connectivity index (χ0) is 21.4. The van der Waals surface area contributed by atoms with E-state index in [2.05, 4.69) is 39.0 Å². The van der Waals surface area contributed by atoms with Gasteiger partial charge in [0.1, 0.15) is 6.10 Å². The molecule has 8 nitrogen and oxygen atoms in total. The van der Waals surface area contributed by atoms with E-state index in [1.807, 2.05) is 12.1 Å². The predicted octanol–water partition coefficient (Wildman–Crippen LogP) is 1.60. The molecule has 0 amide bonds. The lowest BCUT2D eigenvalue weighted by Crippen LogP contribution is -2.50. The number of pyridine rings is 1. The molecule has 2 fully saturated rings. The van der Waals surface area contributed by atoms with Crippen LogP contribution < -0.4 is 15.4 Å². The largest absolute Gasteiger partial charge is 0.389 e. The van der Waals surface area contributed by atoms with E-state index < -0.39 is 0 Å². The minimum Gasteiger partial charge on any atom is -0.389 e. The zero-order valence-corrected chi connectivity index (χ0v) is 17.4. The van der Waals surface area contributed by atoms with Gasteiger partial charge in [0.2, 0.25) is 5.95 Å². The average molecular weight is 419 g/mol. The number of aliphatic hydroxyl groups excluding tert-OH is 1. The van der Waals surface area contributed by atoms with Crippen molar-refractivity contribution in [3.05, 3.63) is 70.8 Å². The van der Waals surface area contributed by atoms with Gasteiger partial charge in [0.05, 0.1) is 24.9 Å². The number of rotatable bonds is 4. The fourth-order valence-electron chi connectivity index (χ4n) is 4.08. The number of benzene rings is 1. The van der Waals surface area contributed by atoms with E-state index in [0.29, 0.717) is 44.4 Å². The second-order valence-electron chi connectivity index (χ2n) is 8.03. The highest BCUT2D eigenvalue weighted by atomic mass is 16.5. The van der Waals surface area contributed by atoms with Crippen molar-refractivity contribution >= 4 is 11.6 Å². The first-order valence-electron chi connectivity index (χ1n) is 10.5. The Kier molecular flexibility index (Phi) is 5.17. The second kappa shape index (κ2) is 8.13. The maximum Gasteiger partial charge on any atom is 0.255 e. The minimum atomic E-state index is -0.225. The smallest absolute Gasteiger partial charge is 0.255 e. The Balaban J connectivity index is 1.38. The standard InChI is InChI=1S/C23H25N5O3/c1-26-22(30)12-20(16-6-8-24-9-7-16)25-23(26)27-10-11-31-21(15-27)17-2-4-18(5-3-17)28-13-19(29)14-28/h2-9,12,19,21,29H,10-11,13-15H2,1H3. The van der Waals surface area contributed by atoms with Gasteiger partial charge in [-0.25, -0.2) is 4.98 Å². The van der Waals surface area contributed by atoms with Crippen molar-refractivity contribution in [2.24, 2.45) is 7.05 Å². The summed E-state index contributed by atoms with van der Waals surface area (Å²) in [6, 6.07) is 13.6. The summed E-state index contributed by atoms with van der Waals surface area (Å²) in [6.45, 7) is 3.20. The van der Waals surface area contributed by atoms with E-state index in [-0.39, 0.29) is 17.8 Å². The van der Waals surface area contributed by atoms with Crippen LogP contribution in [0.1, 0.15) is 11.7 Å². The second-order valence-corrected chi connectivity index (χ2v) is 8.03. The molecule has 8 heteroatoms. The number of morpholine rings is 1. The van der Waals surface area contributed by atoms with Gasteiger partial charge in [-0.2, -0.15) is 0 Å². The maximum atomic E-state index is 12.6. The van der Waals surface area contributed by atoms with Crippen LogP contribution in [0.25, 0.3) is 11.3 Å². The van der Waals surface area contributed by atoms with Gasteiger partial charge in [-0.3, -0.25) is 14.3 Å². The number of hydrogen-bond donors (Lipinski definition) is 1. The first-order valence-corrected chi connectivity index (χ1v) is 10.5. The molecule has 5 rings (SSSR count). The number of nitrogens with zero attached hydrogens (tertiary/aromatic N) is 5. The quantitative estimate of drug-likeness (QED) is 0.688. The predicted molar refractivity (Wildman–Crippen MR) is 118 cm³/mol. The lowest BCUT2D eigenvalue weighted by Gasteiger charge is -2.38. The van der Waals surface area contributed by atoms with Gasteiger partial charge < -0.3 is 19.6 Å². The third-order valence-electron chi connectivity index (χ3n) is 5.93. The van der Waals surface area contributed by atoms with Crippen LogP contribution >= 0.6 is 0 Å². The molecule has 1 atom stereocenters. The molecular weight excluding hydrogens is 394 g/mol. The van der Waals surface area contributed by atoms with Crippen LogP contribution in [0, 0.1) is 0 Å². The number of anilines is 2. The lowest BCUT2D eigenvalue weighted by atomic mass is 10.1.